The van der Waals surface area contributed by atoms with E-state index in [9.17, 15) is 14.4 Å². The van der Waals surface area contributed by atoms with E-state index in [1.54, 1.807) is 0 Å². The molecule has 1 fully saturated rings. The number of hydrogen-bond acceptors (Lipinski definition) is 4. The summed E-state index contributed by atoms with van der Waals surface area (Å²) in [6.07, 6.45) is 11.7. The number of carbonyl (C=O) groups excluding carboxylic acids is 1. The Hall–Kier alpha value is -4.13. The average molecular weight is 614 g/mol. The predicted octanol–water partition coefficient (Wildman–Crippen LogP) is 9.09. The number of rotatable bonds is 10. The zero-order valence-corrected chi connectivity index (χ0v) is 26.8. The molecular weight excluding hydrogens is 566 g/mol. The molecule has 0 atom stereocenters. The second-order valence-electron chi connectivity index (χ2n) is 13.3. The third kappa shape index (κ3) is 9.93. The Labute approximate surface area is 267 Å². The molecule has 1 aliphatic carbocycles. The van der Waals surface area contributed by atoms with E-state index >= 15 is 0 Å². The third-order valence-corrected chi connectivity index (χ3v) is 8.72. The van der Waals surface area contributed by atoms with E-state index in [0.717, 1.165) is 40.7 Å². The molecule has 1 saturated carbocycles. The lowest BCUT2D eigenvalue weighted by Crippen LogP contribution is -2.22. The van der Waals surface area contributed by atoms with Gasteiger partial charge in [-0.2, -0.15) is 0 Å². The minimum absolute atomic E-state index is 0.0304. The van der Waals surface area contributed by atoms with Gasteiger partial charge in [-0.05, 0) is 53.5 Å². The van der Waals surface area contributed by atoms with Gasteiger partial charge in [-0.15, -0.1) is 0 Å². The summed E-state index contributed by atoms with van der Waals surface area (Å²) in [5, 5.41) is 18.7. The Morgan fingerprint density at radius 1 is 0.822 bits per heavy atom. The molecule has 0 radical (unpaired) electrons. The SMILES string of the molecule is CC(C)(C)c1ccc(CCCCC2CCCCC2)cc1NC(=O)CC1c2ccccc2Oc2ccccc21.O=C(O)CC(=O)O. The minimum Gasteiger partial charge on any atom is -0.481 e. The summed E-state index contributed by atoms with van der Waals surface area (Å²) in [7, 11) is 0. The summed E-state index contributed by atoms with van der Waals surface area (Å²) in [6, 6.07) is 22.9. The third-order valence-electron chi connectivity index (χ3n) is 8.72. The highest BCUT2D eigenvalue weighted by atomic mass is 16.5. The number of aliphatic carboxylic acids is 2. The van der Waals surface area contributed by atoms with Crippen molar-refractivity contribution in [1.82, 2.24) is 0 Å². The molecular formula is C38H47NO6. The van der Waals surface area contributed by atoms with E-state index < -0.39 is 18.4 Å². The van der Waals surface area contributed by atoms with Crippen LogP contribution in [-0.4, -0.2) is 28.1 Å². The molecule has 3 N–H and O–H groups in total. The van der Waals surface area contributed by atoms with Crippen LogP contribution < -0.4 is 10.1 Å². The predicted molar refractivity (Wildman–Crippen MR) is 177 cm³/mol. The Bertz CT molecular complexity index is 1410. The lowest BCUT2D eigenvalue weighted by Gasteiger charge is -2.28. The first kappa shape index (κ1) is 33.8. The molecule has 240 valence electrons. The lowest BCUT2D eigenvalue weighted by molar-refractivity contribution is -0.147. The van der Waals surface area contributed by atoms with Gasteiger partial charge in [-0.1, -0.05) is 114 Å². The van der Waals surface area contributed by atoms with Crippen LogP contribution in [0.3, 0.4) is 0 Å². The van der Waals surface area contributed by atoms with Crippen molar-refractivity contribution in [3.05, 3.63) is 89.0 Å². The number of ether oxygens (including phenoxy) is 1. The zero-order valence-electron chi connectivity index (χ0n) is 26.8. The number of benzene rings is 3. The standard InChI is InChI=1S/C35H43NO2.C3H4O4/c1-35(2,3)30-22-21-26(16-8-7-15-25-13-5-4-6-14-25)23-31(30)36-34(37)24-29-27-17-9-11-19-32(27)38-33-20-12-10-18-28(29)33;4-2(5)1-3(6)7/h9-12,17-23,25,29H,4-8,13-16,24H2,1-3H3,(H,36,37);1H2,(H,4,5)(H,6,7). The summed E-state index contributed by atoms with van der Waals surface area (Å²) >= 11 is 0. The van der Waals surface area contributed by atoms with Crippen molar-refractivity contribution < 1.29 is 29.3 Å². The van der Waals surface area contributed by atoms with Crippen LogP contribution in [0.4, 0.5) is 5.69 Å². The molecule has 0 saturated heterocycles. The van der Waals surface area contributed by atoms with Gasteiger partial charge in [0, 0.05) is 29.2 Å². The Kier molecular flexibility index (Phi) is 11.8. The molecule has 3 aromatic rings. The number of carboxylic acids is 2. The van der Waals surface area contributed by atoms with Gasteiger partial charge < -0.3 is 20.3 Å². The molecule has 5 rings (SSSR count). The molecule has 3 aromatic carbocycles. The van der Waals surface area contributed by atoms with E-state index in [-0.39, 0.29) is 17.2 Å². The summed E-state index contributed by atoms with van der Waals surface area (Å²) in [4.78, 5) is 32.4. The highest BCUT2D eigenvalue weighted by molar-refractivity contribution is 5.93. The van der Waals surface area contributed by atoms with Crippen LogP contribution in [-0.2, 0) is 26.2 Å². The number of unbranched alkanes of at least 4 members (excludes halogenated alkanes) is 1. The topological polar surface area (TPSA) is 113 Å². The van der Waals surface area contributed by atoms with Crippen molar-refractivity contribution in [2.75, 3.05) is 5.32 Å². The average Bonchev–Trinajstić information content (AvgIpc) is 2.99. The summed E-state index contributed by atoms with van der Waals surface area (Å²) < 4.78 is 6.14. The van der Waals surface area contributed by atoms with Crippen LogP contribution in [0.25, 0.3) is 0 Å². The second-order valence-corrected chi connectivity index (χ2v) is 13.3. The molecule has 1 amide bonds. The van der Waals surface area contributed by atoms with Crippen LogP contribution in [0.15, 0.2) is 66.7 Å². The van der Waals surface area contributed by atoms with Gasteiger partial charge >= 0.3 is 11.9 Å². The highest BCUT2D eigenvalue weighted by Gasteiger charge is 2.29. The van der Waals surface area contributed by atoms with Gasteiger partial charge in [-0.25, -0.2) is 0 Å². The van der Waals surface area contributed by atoms with Crippen molar-refractivity contribution in [3.8, 4) is 11.5 Å². The number of nitrogens with one attached hydrogen (secondary N) is 1. The summed E-state index contributed by atoms with van der Waals surface area (Å²) in [5.41, 5.74) is 5.55. The molecule has 1 aliphatic heterocycles. The van der Waals surface area contributed by atoms with E-state index in [2.05, 4.69) is 56.4 Å². The maximum Gasteiger partial charge on any atom is 0.314 e. The maximum atomic E-state index is 13.6. The Morgan fingerprint density at radius 3 is 1.98 bits per heavy atom. The molecule has 7 heteroatoms. The van der Waals surface area contributed by atoms with Crippen molar-refractivity contribution >= 4 is 23.5 Å². The number of carbonyl (C=O) groups is 3. The first-order chi connectivity index (χ1) is 21.5. The van der Waals surface area contributed by atoms with Crippen LogP contribution >= 0.6 is 0 Å². The first-order valence-corrected chi connectivity index (χ1v) is 16.2. The van der Waals surface area contributed by atoms with Gasteiger partial charge in [0.05, 0.1) is 0 Å². The normalized spacial score (nSPS) is 14.6. The number of carboxylic acid groups (broad SMARTS) is 2. The van der Waals surface area contributed by atoms with Crippen LogP contribution in [0.5, 0.6) is 11.5 Å². The zero-order chi connectivity index (χ0) is 32.4. The van der Waals surface area contributed by atoms with Gasteiger partial charge in [0.25, 0.3) is 0 Å². The fourth-order valence-corrected chi connectivity index (χ4v) is 6.49. The Balaban J connectivity index is 0.000000591. The number of hydrogen-bond donors (Lipinski definition) is 3. The smallest absolute Gasteiger partial charge is 0.314 e. The molecule has 2 aliphatic rings. The number of aryl methyl sites for hydroxylation is 1. The maximum absolute atomic E-state index is 13.6. The van der Waals surface area contributed by atoms with Gasteiger partial charge in [0.1, 0.15) is 17.9 Å². The van der Waals surface area contributed by atoms with E-state index in [1.807, 2.05) is 36.4 Å². The summed E-state index contributed by atoms with van der Waals surface area (Å²) in [5.74, 6) is 0.0187. The fraction of sp³-hybridized carbons (Fsp3) is 0.447. The van der Waals surface area contributed by atoms with Crippen LogP contribution in [0.1, 0.15) is 113 Å². The molecule has 45 heavy (non-hydrogen) atoms. The van der Waals surface area contributed by atoms with Crippen LogP contribution in [0.2, 0.25) is 0 Å². The number of para-hydroxylation sites is 2. The van der Waals surface area contributed by atoms with Crippen LogP contribution in [0, 0.1) is 5.92 Å². The van der Waals surface area contributed by atoms with Crippen molar-refractivity contribution in [2.45, 2.75) is 103 Å². The van der Waals surface area contributed by atoms with E-state index in [4.69, 9.17) is 14.9 Å². The molecule has 0 aromatic heterocycles. The van der Waals surface area contributed by atoms with Crippen molar-refractivity contribution in [2.24, 2.45) is 5.92 Å². The highest BCUT2D eigenvalue weighted by Crippen LogP contribution is 2.45. The quantitative estimate of drug-likeness (QED) is 0.155. The molecule has 0 spiro atoms. The van der Waals surface area contributed by atoms with Gasteiger partial charge in [-0.3, -0.25) is 14.4 Å². The fourth-order valence-electron chi connectivity index (χ4n) is 6.49. The van der Waals surface area contributed by atoms with Crippen molar-refractivity contribution in [1.29, 1.82) is 0 Å². The lowest BCUT2D eigenvalue weighted by atomic mass is 9.83. The van der Waals surface area contributed by atoms with E-state index in [0.29, 0.717) is 6.42 Å². The largest absolute Gasteiger partial charge is 0.481 e. The van der Waals surface area contributed by atoms with Crippen molar-refractivity contribution in [3.63, 3.8) is 0 Å². The minimum atomic E-state index is -1.31. The first-order valence-electron chi connectivity index (χ1n) is 16.2. The molecule has 1 heterocycles. The summed E-state index contributed by atoms with van der Waals surface area (Å²) in [6.45, 7) is 6.65. The van der Waals surface area contributed by atoms with Gasteiger partial charge in [0.2, 0.25) is 5.91 Å². The number of anilines is 1. The monoisotopic (exact) mass is 613 g/mol. The van der Waals surface area contributed by atoms with Gasteiger partial charge in [0.15, 0.2) is 0 Å². The molecule has 0 bridgehead atoms. The molecule has 0 unspecified atom stereocenters. The Morgan fingerprint density at radius 2 is 1.42 bits per heavy atom. The number of amides is 1. The molecule has 7 nitrogen and oxygen atoms in total. The van der Waals surface area contributed by atoms with E-state index in [1.165, 1.54) is 62.5 Å². The number of fused-ring (bicyclic) bond motifs is 2. The second kappa shape index (κ2) is 15.7.